The Labute approximate surface area is 192 Å². The second-order valence-corrected chi connectivity index (χ2v) is 8.28. The molecular formula is C27H50N2O2. The van der Waals surface area contributed by atoms with E-state index in [0.29, 0.717) is 5.92 Å². The molecule has 180 valence electrons. The van der Waals surface area contributed by atoms with Gasteiger partial charge in [-0.2, -0.15) is 0 Å². The predicted octanol–water partition coefficient (Wildman–Crippen LogP) is 6.68. The average Bonchev–Trinajstić information content (AvgIpc) is 3.27. The zero-order valence-corrected chi connectivity index (χ0v) is 21.2. The zero-order chi connectivity index (χ0) is 23.5. The lowest BCUT2D eigenvalue weighted by Crippen LogP contribution is -2.23. The monoisotopic (exact) mass is 434 g/mol. The highest BCUT2D eigenvalue weighted by atomic mass is 16.6. The van der Waals surface area contributed by atoms with E-state index >= 15 is 0 Å². The fourth-order valence-electron chi connectivity index (χ4n) is 4.42. The molecule has 2 aliphatic rings. The van der Waals surface area contributed by atoms with Crippen LogP contribution in [0.25, 0.3) is 0 Å². The van der Waals surface area contributed by atoms with Crippen LogP contribution in [0.15, 0.2) is 41.6 Å². The summed E-state index contributed by atoms with van der Waals surface area (Å²) in [6.45, 7) is 17.1. The third kappa shape index (κ3) is 11.7. The molecule has 0 spiro atoms. The Hall–Kier alpha value is -1.39. The van der Waals surface area contributed by atoms with Crippen LogP contribution in [-0.4, -0.2) is 37.1 Å². The zero-order valence-electron chi connectivity index (χ0n) is 21.2. The minimum Gasteiger partial charge on any atom is -0.400 e. The van der Waals surface area contributed by atoms with Gasteiger partial charge in [0, 0.05) is 19.4 Å². The van der Waals surface area contributed by atoms with E-state index in [1.807, 2.05) is 45.1 Å². The highest BCUT2D eigenvalue weighted by Gasteiger charge is 2.29. The Kier molecular flexibility index (Phi) is 18.4. The van der Waals surface area contributed by atoms with E-state index in [2.05, 4.69) is 30.9 Å². The first-order valence-corrected chi connectivity index (χ1v) is 12.5. The normalized spacial score (nSPS) is 24.7. The minimum atomic E-state index is 0.0331. The first-order valence-electron chi connectivity index (χ1n) is 12.5. The fourth-order valence-corrected chi connectivity index (χ4v) is 4.42. The highest BCUT2D eigenvalue weighted by molar-refractivity contribution is 5.88. The number of aliphatic hydroxyl groups is 1. The topological polar surface area (TPSA) is 53.9 Å². The summed E-state index contributed by atoms with van der Waals surface area (Å²) >= 11 is 0. The molecule has 2 atom stereocenters. The van der Waals surface area contributed by atoms with Gasteiger partial charge in [0.05, 0.1) is 5.71 Å². The summed E-state index contributed by atoms with van der Waals surface area (Å²) < 4.78 is 0. The van der Waals surface area contributed by atoms with Crippen molar-refractivity contribution in [3.05, 3.63) is 36.5 Å². The first-order chi connectivity index (χ1) is 15.2. The number of rotatable bonds is 9. The smallest absolute Gasteiger partial charge is 0.157 e. The van der Waals surface area contributed by atoms with E-state index in [0.717, 1.165) is 37.5 Å². The Balaban J connectivity index is 0.00000212. The molecule has 0 saturated heterocycles. The number of oxime groups is 1. The molecule has 1 aliphatic heterocycles. The lowest BCUT2D eigenvalue weighted by molar-refractivity contribution is 0.114. The summed E-state index contributed by atoms with van der Waals surface area (Å²) in [5, 5.41) is 14.9. The maximum Gasteiger partial charge on any atom is 0.157 e. The van der Waals surface area contributed by atoms with Gasteiger partial charge in [-0.15, -0.1) is 0 Å². The van der Waals surface area contributed by atoms with Crippen molar-refractivity contribution in [3.8, 4) is 0 Å². The predicted molar refractivity (Wildman–Crippen MR) is 137 cm³/mol. The van der Waals surface area contributed by atoms with Crippen molar-refractivity contribution in [1.82, 2.24) is 5.32 Å². The van der Waals surface area contributed by atoms with Crippen LogP contribution in [0, 0.1) is 17.8 Å². The Morgan fingerprint density at radius 1 is 1.19 bits per heavy atom. The molecule has 0 aromatic carbocycles. The number of hydrogen-bond donors (Lipinski definition) is 2. The molecule has 0 amide bonds. The van der Waals surface area contributed by atoms with Gasteiger partial charge in [0.25, 0.3) is 0 Å². The van der Waals surface area contributed by atoms with E-state index in [9.17, 15) is 0 Å². The molecule has 31 heavy (non-hydrogen) atoms. The lowest BCUT2D eigenvalue weighted by Gasteiger charge is -2.28. The van der Waals surface area contributed by atoms with E-state index in [1.54, 1.807) is 0 Å². The van der Waals surface area contributed by atoms with Gasteiger partial charge in [0.2, 0.25) is 0 Å². The largest absolute Gasteiger partial charge is 0.400 e. The number of nitrogens with zero attached hydrogens (tertiary/aromatic N) is 1. The maximum atomic E-state index is 7.00. The van der Waals surface area contributed by atoms with Crippen LogP contribution >= 0.6 is 0 Å². The van der Waals surface area contributed by atoms with Crippen molar-refractivity contribution >= 4 is 5.71 Å². The molecule has 2 N–H and O–H groups in total. The molecule has 4 nitrogen and oxygen atoms in total. The van der Waals surface area contributed by atoms with Gasteiger partial charge in [-0.25, -0.2) is 0 Å². The molecule has 0 bridgehead atoms. The highest BCUT2D eigenvalue weighted by Crippen LogP contribution is 2.34. The summed E-state index contributed by atoms with van der Waals surface area (Å²) in [7, 11) is 1.00. The van der Waals surface area contributed by atoms with Crippen molar-refractivity contribution < 1.29 is 9.94 Å². The fraction of sp³-hybridized carbons (Fsp3) is 0.741. The van der Waals surface area contributed by atoms with Crippen LogP contribution < -0.4 is 5.32 Å². The summed E-state index contributed by atoms with van der Waals surface area (Å²) in [5.41, 5.74) is 2.30. The quantitative estimate of drug-likeness (QED) is 0.314. The third-order valence-corrected chi connectivity index (χ3v) is 6.28. The number of hydrogen-bond acceptors (Lipinski definition) is 4. The molecule has 1 aliphatic carbocycles. The van der Waals surface area contributed by atoms with Crippen molar-refractivity contribution in [2.75, 3.05) is 20.2 Å². The molecule has 0 radical (unpaired) electrons. The number of nitrogens with one attached hydrogen (secondary N) is 1. The van der Waals surface area contributed by atoms with Crippen molar-refractivity contribution in [2.24, 2.45) is 22.9 Å². The van der Waals surface area contributed by atoms with Gasteiger partial charge in [0.1, 0.15) is 0 Å². The van der Waals surface area contributed by atoms with Gasteiger partial charge in [-0.3, -0.25) is 0 Å². The van der Waals surface area contributed by atoms with Crippen LogP contribution in [0.4, 0.5) is 0 Å². The molecule has 4 heteroatoms. The van der Waals surface area contributed by atoms with Crippen molar-refractivity contribution in [2.45, 2.75) is 92.1 Å². The minimum absolute atomic E-state index is 0.0331. The molecule has 2 unspecified atom stereocenters. The molecule has 0 aromatic heterocycles. The summed E-state index contributed by atoms with van der Waals surface area (Å²) in [6, 6.07) is 0. The Morgan fingerprint density at radius 3 is 2.42 bits per heavy atom. The molecule has 1 saturated carbocycles. The van der Waals surface area contributed by atoms with E-state index in [4.69, 9.17) is 9.94 Å². The lowest BCUT2D eigenvalue weighted by atomic mass is 9.77. The third-order valence-electron chi connectivity index (χ3n) is 6.28. The average molecular weight is 435 g/mol. The van der Waals surface area contributed by atoms with Crippen LogP contribution in [0.1, 0.15) is 86.0 Å². The molecule has 1 heterocycles. The second kappa shape index (κ2) is 19.3. The summed E-state index contributed by atoms with van der Waals surface area (Å²) in [5.74, 6) is 2.35. The van der Waals surface area contributed by atoms with Crippen LogP contribution in [0.2, 0.25) is 0 Å². The van der Waals surface area contributed by atoms with Crippen molar-refractivity contribution in [1.29, 1.82) is 0 Å². The van der Waals surface area contributed by atoms with Crippen LogP contribution in [-0.2, 0) is 4.84 Å². The molecule has 1 fully saturated rings. The van der Waals surface area contributed by atoms with Gasteiger partial charge in [-0.05, 0) is 56.7 Å². The van der Waals surface area contributed by atoms with Gasteiger partial charge < -0.3 is 15.3 Å². The molecule has 2 rings (SSSR count). The van der Waals surface area contributed by atoms with Gasteiger partial charge in [0.15, 0.2) is 6.10 Å². The second-order valence-electron chi connectivity index (χ2n) is 8.28. The van der Waals surface area contributed by atoms with Crippen LogP contribution in [0.3, 0.4) is 0 Å². The first kappa shape index (κ1) is 29.6. The van der Waals surface area contributed by atoms with E-state index in [-0.39, 0.29) is 6.10 Å². The van der Waals surface area contributed by atoms with Gasteiger partial charge >= 0.3 is 0 Å². The Bertz CT molecular complexity index is 529. The van der Waals surface area contributed by atoms with Crippen LogP contribution in [0.5, 0.6) is 0 Å². The SMILES string of the molecule is C=C(/C=C\C=C/C)C1CC(C2CCCC(C(C)CCNCC)CCC2)=NO1.CC.CO. The number of allylic oxidation sites excluding steroid dienone is 3. The van der Waals surface area contributed by atoms with E-state index < -0.39 is 0 Å². The molecule has 0 aromatic rings. The molecular weight excluding hydrogens is 384 g/mol. The Morgan fingerprint density at radius 2 is 1.84 bits per heavy atom. The van der Waals surface area contributed by atoms with E-state index in [1.165, 1.54) is 57.2 Å². The standard InChI is InChI=1S/C24H40N2O.C2H6.CH4O/c1-5-7-8-11-20(4)24-18-23(26-27-24)22-14-9-12-21(13-10-15-22)19(3)16-17-25-6-2;2*1-2/h5,7-8,11,19,21-22,24-25H,4,6,9-10,12-18H2,1-3H3;1-2H3;2H,1H3/b7-5-,11-8-;;. The maximum absolute atomic E-state index is 7.00. The number of aliphatic hydroxyl groups excluding tert-OH is 1. The summed E-state index contributed by atoms with van der Waals surface area (Å²) in [4.78, 5) is 5.70. The summed E-state index contributed by atoms with van der Waals surface area (Å²) in [6.07, 6.45) is 18.3. The van der Waals surface area contributed by atoms with Crippen molar-refractivity contribution in [3.63, 3.8) is 0 Å². The van der Waals surface area contributed by atoms with Gasteiger partial charge in [-0.1, -0.05) is 89.4 Å².